The zero-order chi connectivity index (χ0) is 14.1. The average Bonchev–Trinajstić information content (AvgIpc) is 2.98. The van der Waals surface area contributed by atoms with Gasteiger partial charge in [0.25, 0.3) is 0 Å². The molecule has 4 heteroatoms. The summed E-state index contributed by atoms with van der Waals surface area (Å²) in [5, 5.41) is 0. The molecule has 3 atom stereocenters. The highest BCUT2D eigenvalue weighted by Crippen LogP contribution is 2.39. The number of carbonyl (C=O) groups excluding carboxylic acids is 1. The first-order valence-electron chi connectivity index (χ1n) is 7.70. The molecule has 2 aliphatic rings. The normalized spacial score (nSPS) is 29.5. The van der Waals surface area contributed by atoms with E-state index in [9.17, 15) is 4.79 Å². The minimum atomic E-state index is 0.344. The van der Waals surface area contributed by atoms with Gasteiger partial charge >= 0.3 is 0 Å². The van der Waals surface area contributed by atoms with Crippen LogP contribution in [0.4, 0.5) is 0 Å². The van der Waals surface area contributed by atoms with Gasteiger partial charge in [-0.25, -0.2) is 0 Å². The lowest BCUT2D eigenvalue weighted by atomic mass is 9.85. The Kier molecular flexibility index (Phi) is 4.37. The Morgan fingerprint density at radius 3 is 2.95 bits per heavy atom. The SMILES string of the molecule is CC1CC2CCCCC2N1C(=O)CCc1ccc(Cl)s1. The van der Waals surface area contributed by atoms with Gasteiger partial charge in [-0.2, -0.15) is 0 Å². The van der Waals surface area contributed by atoms with Gasteiger partial charge in [0.1, 0.15) is 0 Å². The third-order valence-electron chi connectivity index (χ3n) is 4.85. The van der Waals surface area contributed by atoms with E-state index in [0.717, 1.165) is 16.7 Å². The fraction of sp³-hybridized carbons (Fsp3) is 0.688. The first-order valence-corrected chi connectivity index (χ1v) is 8.90. The lowest BCUT2D eigenvalue weighted by molar-refractivity contribution is -0.134. The van der Waals surface area contributed by atoms with E-state index >= 15 is 0 Å². The van der Waals surface area contributed by atoms with Crippen molar-refractivity contribution in [3.63, 3.8) is 0 Å². The van der Waals surface area contributed by atoms with Gasteiger partial charge < -0.3 is 4.90 Å². The van der Waals surface area contributed by atoms with Crippen LogP contribution in [0.25, 0.3) is 0 Å². The van der Waals surface area contributed by atoms with E-state index in [1.807, 2.05) is 12.1 Å². The van der Waals surface area contributed by atoms with Gasteiger partial charge in [0, 0.05) is 23.4 Å². The van der Waals surface area contributed by atoms with Crippen LogP contribution in [0.5, 0.6) is 0 Å². The van der Waals surface area contributed by atoms with Crippen molar-refractivity contribution in [2.45, 2.75) is 64.0 Å². The van der Waals surface area contributed by atoms with Crippen LogP contribution in [0.15, 0.2) is 12.1 Å². The predicted molar refractivity (Wildman–Crippen MR) is 84.3 cm³/mol. The molecule has 1 saturated carbocycles. The average molecular weight is 312 g/mol. The third kappa shape index (κ3) is 2.89. The van der Waals surface area contributed by atoms with E-state index in [2.05, 4.69) is 11.8 Å². The second-order valence-corrected chi connectivity index (χ2v) is 8.00. The molecule has 3 rings (SSSR count). The first-order chi connectivity index (χ1) is 9.65. The molecule has 0 radical (unpaired) electrons. The molecule has 20 heavy (non-hydrogen) atoms. The van der Waals surface area contributed by atoms with E-state index in [1.165, 1.54) is 37.0 Å². The van der Waals surface area contributed by atoms with Gasteiger partial charge in [-0.15, -0.1) is 11.3 Å². The molecule has 110 valence electrons. The van der Waals surface area contributed by atoms with Crippen LogP contribution in [-0.2, 0) is 11.2 Å². The summed E-state index contributed by atoms with van der Waals surface area (Å²) in [7, 11) is 0. The summed E-state index contributed by atoms with van der Waals surface area (Å²) >= 11 is 7.53. The number of likely N-dealkylation sites (tertiary alicyclic amines) is 1. The van der Waals surface area contributed by atoms with Crippen LogP contribution >= 0.6 is 22.9 Å². The van der Waals surface area contributed by atoms with E-state index < -0.39 is 0 Å². The molecule has 0 bridgehead atoms. The Balaban J connectivity index is 1.61. The number of fused-ring (bicyclic) bond motifs is 1. The van der Waals surface area contributed by atoms with E-state index in [0.29, 0.717) is 24.4 Å². The maximum absolute atomic E-state index is 12.6. The molecule has 1 amide bonds. The maximum Gasteiger partial charge on any atom is 0.223 e. The Labute approximate surface area is 130 Å². The summed E-state index contributed by atoms with van der Waals surface area (Å²) in [6.45, 7) is 2.22. The minimum Gasteiger partial charge on any atom is -0.337 e. The number of hydrogen-bond donors (Lipinski definition) is 0. The molecule has 1 aromatic heterocycles. The molecule has 2 nitrogen and oxygen atoms in total. The molecule has 0 N–H and O–H groups in total. The number of carbonyl (C=O) groups is 1. The monoisotopic (exact) mass is 311 g/mol. The summed E-state index contributed by atoms with van der Waals surface area (Å²) in [4.78, 5) is 16.0. The predicted octanol–water partition coefficient (Wildman–Crippen LogP) is 4.51. The molecular formula is C16H22ClNOS. The molecule has 1 aromatic rings. The van der Waals surface area contributed by atoms with Gasteiger partial charge in [-0.1, -0.05) is 24.4 Å². The number of thiophene rings is 1. The quantitative estimate of drug-likeness (QED) is 0.804. The maximum atomic E-state index is 12.6. The van der Waals surface area contributed by atoms with Gasteiger partial charge in [-0.05, 0) is 50.7 Å². The van der Waals surface area contributed by atoms with Gasteiger partial charge in [0.15, 0.2) is 0 Å². The van der Waals surface area contributed by atoms with Crippen molar-refractivity contribution < 1.29 is 4.79 Å². The van der Waals surface area contributed by atoms with E-state index in [-0.39, 0.29) is 0 Å². The lowest BCUT2D eigenvalue weighted by Crippen LogP contribution is -2.42. The number of halogens is 1. The van der Waals surface area contributed by atoms with Gasteiger partial charge in [0.05, 0.1) is 4.34 Å². The molecule has 0 aromatic carbocycles. The molecule has 1 aliphatic carbocycles. The summed E-state index contributed by atoms with van der Waals surface area (Å²) in [5.74, 6) is 1.11. The highest BCUT2D eigenvalue weighted by Gasteiger charge is 2.41. The number of amides is 1. The van der Waals surface area contributed by atoms with Crippen molar-refractivity contribution in [2.24, 2.45) is 5.92 Å². The fourth-order valence-electron chi connectivity index (χ4n) is 3.98. The summed E-state index contributed by atoms with van der Waals surface area (Å²) in [6, 6.07) is 4.92. The molecule has 2 heterocycles. The van der Waals surface area contributed by atoms with E-state index in [1.54, 1.807) is 11.3 Å². The second kappa shape index (κ2) is 6.07. The molecular weight excluding hydrogens is 290 g/mol. The van der Waals surface area contributed by atoms with Crippen molar-refractivity contribution in [2.75, 3.05) is 0 Å². The standard InChI is InChI=1S/C16H22ClNOS/c1-11-10-12-4-2-3-5-14(12)18(11)16(19)9-7-13-6-8-15(17)20-13/h6,8,11-12,14H,2-5,7,9-10H2,1H3. The van der Waals surface area contributed by atoms with Crippen molar-refractivity contribution in [1.29, 1.82) is 0 Å². The van der Waals surface area contributed by atoms with Crippen molar-refractivity contribution in [3.05, 3.63) is 21.3 Å². The van der Waals surface area contributed by atoms with Crippen molar-refractivity contribution in [3.8, 4) is 0 Å². The largest absolute Gasteiger partial charge is 0.337 e. The molecule has 0 spiro atoms. The molecule has 1 saturated heterocycles. The van der Waals surface area contributed by atoms with Crippen molar-refractivity contribution >= 4 is 28.8 Å². The zero-order valence-corrected chi connectivity index (χ0v) is 13.6. The smallest absolute Gasteiger partial charge is 0.223 e. The highest BCUT2D eigenvalue weighted by atomic mass is 35.5. The summed E-state index contributed by atoms with van der Waals surface area (Å²) < 4.78 is 0.814. The number of aryl methyl sites for hydroxylation is 1. The first kappa shape index (κ1) is 14.4. The third-order valence-corrected chi connectivity index (χ3v) is 6.14. The van der Waals surface area contributed by atoms with Gasteiger partial charge in [-0.3, -0.25) is 4.79 Å². The fourth-order valence-corrected chi connectivity index (χ4v) is 5.07. The Bertz CT molecular complexity index is 487. The highest BCUT2D eigenvalue weighted by molar-refractivity contribution is 7.16. The van der Waals surface area contributed by atoms with Crippen LogP contribution < -0.4 is 0 Å². The Hall–Kier alpha value is -0.540. The summed E-state index contributed by atoms with van der Waals surface area (Å²) in [5.41, 5.74) is 0. The number of rotatable bonds is 3. The second-order valence-electron chi connectivity index (χ2n) is 6.20. The molecule has 2 fully saturated rings. The molecule has 1 aliphatic heterocycles. The Morgan fingerprint density at radius 2 is 2.20 bits per heavy atom. The van der Waals surface area contributed by atoms with Gasteiger partial charge in [0.2, 0.25) is 5.91 Å². The Morgan fingerprint density at radius 1 is 1.40 bits per heavy atom. The van der Waals surface area contributed by atoms with Crippen LogP contribution in [0, 0.1) is 5.92 Å². The van der Waals surface area contributed by atoms with E-state index in [4.69, 9.17) is 11.6 Å². The number of nitrogens with zero attached hydrogens (tertiary/aromatic N) is 1. The topological polar surface area (TPSA) is 20.3 Å². The van der Waals surface area contributed by atoms with Crippen LogP contribution in [0.2, 0.25) is 4.34 Å². The van der Waals surface area contributed by atoms with Crippen LogP contribution in [-0.4, -0.2) is 22.9 Å². The molecule has 3 unspecified atom stereocenters. The minimum absolute atomic E-state index is 0.344. The zero-order valence-electron chi connectivity index (χ0n) is 12.0. The lowest BCUT2D eigenvalue weighted by Gasteiger charge is -2.33. The van der Waals surface area contributed by atoms with Crippen LogP contribution in [0.1, 0.15) is 50.3 Å². The summed E-state index contributed by atoms with van der Waals surface area (Å²) in [6.07, 6.45) is 7.84. The van der Waals surface area contributed by atoms with Crippen LogP contribution in [0.3, 0.4) is 0 Å². The number of hydrogen-bond acceptors (Lipinski definition) is 2. The van der Waals surface area contributed by atoms with Crippen molar-refractivity contribution in [1.82, 2.24) is 4.90 Å².